The molecule has 0 spiro atoms. The molecule has 0 bridgehead atoms. The Labute approximate surface area is 146 Å². The summed E-state index contributed by atoms with van der Waals surface area (Å²) in [6.45, 7) is 4.78. The molecule has 2 N–H and O–H groups in total. The molecule has 3 heterocycles. The van der Waals surface area contributed by atoms with Crippen molar-refractivity contribution in [2.75, 3.05) is 26.0 Å². The van der Waals surface area contributed by atoms with Gasteiger partial charge in [-0.2, -0.15) is 0 Å². The molecule has 3 rings (SSSR count). The highest BCUT2D eigenvalue weighted by Crippen LogP contribution is 2.24. The van der Waals surface area contributed by atoms with E-state index in [2.05, 4.69) is 26.3 Å². The topological polar surface area (TPSA) is 102 Å². The number of pyridine rings is 1. The first kappa shape index (κ1) is 17.6. The van der Waals surface area contributed by atoms with Crippen molar-refractivity contribution in [2.24, 2.45) is 0 Å². The summed E-state index contributed by atoms with van der Waals surface area (Å²) in [5.41, 5.74) is 3.23. The van der Waals surface area contributed by atoms with E-state index in [1.165, 1.54) is 0 Å². The first-order chi connectivity index (χ1) is 12.0. The number of imidazole rings is 1. The lowest BCUT2D eigenvalue weighted by atomic mass is 10.2. The van der Waals surface area contributed by atoms with Gasteiger partial charge in [-0.15, -0.1) is 0 Å². The van der Waals surface area contributed by atoms with Gasteiger partial charge in [0.25, 0.3) is 0 Å². The van der Waals surface area contributed by atoms with E-state index < -0.39 is 10.0 Å². The molecule has 0 amide bonds. The molecular formula is C16H21N5O3S. The third-order valence-electron chi connectivity index (χ3n) is 3.93. The third kappa shape index (κ3) is 3.89. The summed E-state index contributed by atoms with van der Waals surface area (Å²) in [5, 5.41) is 0.955. The lowest BCUT2D eigenvalue weighted by molar-refractivity contribution is 0.199. The highest BCUT2D eigenvalue weighted by atomic mass is 32.2. The van der Waals surface area contributed by atoms with Gasteiger partial charge < -0.3 is 14.3 Å². The normalized spacial score (nSPS) is 12.2. The molecule has 0 saturated carbocycles. The Morgan fingerprint density at radius 2 is 2.28 bits per heavy atom. The fraction of sp³-hybridized carbons (Fsp3) is 0.375. The molecule has 0 aliphatic carbocycles. The molecule has 3 aromatic rings. The zero-order chi connectivity index (χ0) is 17.9. The van der Waals surface area contributed by atoms with Crippen LogP contribution in [0.2, 0.25) is 0 Å². The molecule has 25 heavy (non-hydrogen) atoms. The van der Waals surface area contributed by atoms with E-state index >= 15 is 0 Å². The molecule has 0 fully saturated rings. The lowest BCUT2D eigenvalue weighted by Crippen LogP contribution is -2.28. The summed E-state index contributed by atoms with van der Waals surface area (Å²) in [5.74, 6) is 0.0525. The van der Waals surface area contributed by atoms with Crippen LogP contribution in [-0.2, 0) is 14.8 Å². The minimum Gasteiger partial charge on any atom is -0.385 e. The Bertz CT molecular complexity index is 990. The number of H-pyrrole nitrogens is 1. The average Bonchev–Trinajstić information content (AvgIpc) is 3.20. The van der Waals surface area contributed by atoms with Crippen molar-refractivity contribution in [3.8, 4) is 0 Å². The second-order valence-corrected chi connectivity index (χ2v) is 7.65. The maximum absolute atomic E-state index is 11.9. The Kier molecular flexibility index (Phi) is 5.16. The van der Waals surface area contributed by atoms with Gasteiger partial charge in [-0.3, -0.25) is 0 Å². The van der Waals surface area contributed by atoms with Gasteiger partial charge in [0, 0.05) is 44.0 Å². The van der Waals surface area contributed by atoms with Crippen LogP contribution < -0.4 is 4.72 Å². The summed E-state index contributed by atoms with van der Waals surface area (Å²) < 4.78 is 33.1. The van der Waals surface area contributed by atoms with E-state index in [1.807, 2.05) is 16.8 Å². The number of ether oxygens (including phenoxy) is 1. The summed E-state index contributed by atoms with van der Waals surface area (Å²) in [6.07, 6.45) is 6.16. The number of rotatable bonds is 9. The van der Waals surface area contributed by atoms with E-state index in [1.54, 1.807) is 19.6 Å². The van der Waals surface area contributed by atoms with Crippen molar-refractivity contribution in [1.82, 2.24) is 24.2 Å². The molecule has 0 radical (unpaired) electrons. The van der Waals surface area contributed by atoms with Crippen LogP contribution >= 0.6 is 0 Å². The summed E-state index contributed by atoms with van der Waals surface area (Å²) in [7, 11) is -1.75. The minimum absolute atomic E-state index is 0.0525. The van der Waals surface area contributed by atoms with Crippen LogP contribution in [0, 0.1) is 0 Å². The number of sulfonamides is 1. The van der Waals surface area contributed by atoms with Crippen molar-refractivity contribution in [2.45, 2.75) is 12.8 Å². The number of hydrogen-bond donors (Lipinski definition) is 2. The first-order valence-corrected chi connectivity index (χ1v) is 9.60. The van der Waals surface area contributed by atoms with Crippen LogP contribution in [0.1, 0.15) is 12.8 Å². The third-order valence-corrected chi connectivity index (χ3v) is 5.40. The number of hydrogen-bond acceptors (Lipinski definition) is 5. The fourth-order valence-electron chi connectivity index (χ4n) is 2.69. The summed E-state index contributed by atoms with van der Waals surface area (Å²) in [4.78, 5) is 11.7. The van der Waals surface area contributed by atoms with Crippen molar-refractivity contribution >= 4 is 37.8 Å². The number of aromatic nitrogens is 4. The van der Waals surface area contributed by atoms with Gasteiger partial charge in [0.1, 0.15) is 17.5 Å². The van der Waals surface area contributed by atoms with Gasteiger partial charge in [-0.05, 0) is 12.5 Å². The van der Waals surface area contributed by atoms with Crippen LogP contribution in [0.5, 0.6) is 0 Å². The van der Waals surface area contributed by atoms with Gasteiger partial charge in [-0.1, -0.05) is 6.58 Å². The maximum Gasteiger partial charge on any atom is 0.211 e. The second kappa shape index (κ2) is 7.34. The molecule has 9 heteroatoms. The quantitative estimate of drug-likeness (QED) is 0.564. The molecule has 0 aliphatic heterocycles. The van der Waals surface area contributed by atoms with Crippen molar-refractivity contribution in [3.05, 3.63) is 31.4 Å². The Balaban J connectivity index is 1.68. The number of nitrogens with one attached hydrogen (secondary N) is 2. The highest BCUT2D eigenvalue weighted by molar-refractivity contribution is 7.89. The molecule has 3 aromatic heterocycles. The predicted octanol–water partition coefficient (Wildman–Crippen LogP) is 1.73. The Hall–Kier alpha value is -2.23. The molecule has 0 atom stereocenters. The number of methoxy groups -OCH3 is 1. The Morgan fingerprint density at radius 3 is 3.08 bits per heavy atom. The minimum atomic E-state index is -3.30. The first-order valence-electron chi connectivity index (χ1n) is 7.95. The van der Waals surface area contributed by atoms with Crippen molar-refractivity contribution in [1.29, 1.82) is 0 Å². The molecule has 0 aliphatic rings. The number of nitrogens with zero attached hydrogens (tertiary/aromatic N) is 3. The van der Waals surface area contributed by atoms with Gasteiger partial charge in [0.2, 0.25) is 10.0 Å². The number of fused-ring (bicyclic) bond motifs is 3. The van der Waals surface area contributed by atoms with Crippen molar-refractivity contribution in [3.63, 3.8) is 0 Å². The maximum atomic E-state index is 11.9. The fourth-order valence-corrected chi connectivity index (χ4v) is 3.74. The number of aromatic amines is 1. The van der Waals surface area contributed by atoms with Gasteiger partial charge in [-0.25, -0.2) is 23.1 Å². The molecular weight excluding hydrogens is 342 g/mol. The van der Waals surface area contributed by atoms with E-state index in [4.69, 9.17) is 4.74 Å². The standard InChI is InChI=1S/C16H21N5O3S/c1-12(4-7-20-25(22,23)9-3-8-24-2)21-11-19-14-10-18-16-13(15(14)21)5-6-17-16/h5-6,10-11,20H,1,3-4,7-9H2,2H3,(H,17,18). The zero-order valence-electron chi connectivity index (χ0n) is 14.0. The van der Waals surface area contributed by atoms with Gasteiger partial charge in [0.05, 0.1) is 17.5 Å². The molecule has 8 nitrogen and oxygen atoms in total. The van der Waals surface area contributed by atoms with Crippen LogP contribution in [0.15, 0.2) is 31.4 Å². The monoisotopic (exact) mass is 363 g/mol. The predicted molar refractivity (Wildman–Crippen MR) is 97.6 cm³/mol. The Morgan fingerprint density at radius 1 is 1.44 bits per heavy atom. The van der Waals surface area contributed by atoms with Crippen LogP contribution in [0.25, 0.3) is 27.8 Å². The van der Waals surface area contributed by atoms with E-state index in [-0.39, 0.29) is 12.3 Å². The summed E-state index contributed by atoms with van der Waals surface area (Å²) in [6, 6.07) is 1.94. The van der Waals surface area contributed by atoms with E-state index in [0.717, 1.165) is 27.8 Å². The second-order valence-electron chi connectivity index (χ2n) is 5.72. The van der Waals surface area contributed by atoms with Crippen LogP contribution in [-0.4, -0.2) is 54.0 Å². The van der Waals surface area contributed by atoms with Crippen LogP contribution in [0.3, 0.4) is 0 Å². The molecule has 0 saturated heterocycles. The lowest BCUT2D eigenvalue weighted by Gasteiger charge is -2.10. The summed E-state index contributed by atoms with van der Waals surface area (Å²) >= 11 is 0. The molecule has 0 aromatic carbocycles. The smallest absolute Gasteiger partial charge is 0.211 e. The SMILES string of the molecule is C=C(CCNS(=O)(=O)CCCOC)n1cnc2cnc3[nH]ccc3c21. The molecule has 0 unspecified atom stereocenters. The molecule has 134 valence electrons. The highest BCUT2D eigenvalue weighted by Gasteiger charge is 2.13. The zero-order valence-corrected chi connectivity index (χ0v) is 14.8. The van der Waals surface area contributed by atoms with E-state index in [0.29, 0.717) is 19.4 Å². The largest absolute Gasteiger partial charge is 0.385 e. The average molecular weight is 363 g/mol. The van der Waals surface area contributed by atoms with Gasteiger partial charge in [0.15, 0.2) is 0 Å². The van der Waals surface area contributed by atoms with Gasteiger partial charge >= 0.3 is 0 Å². The van der Waals surface area contributed by atoms with E-state index in [9.17, 15) is 8.42 Å². The van der Waals surface area contributed by atoms with Crippen molar-refractivity contribution < 1.29 is 13.2 Å². The van der Waals surface area contributed by atoms with Crippen LogP contribution in [0.4, 0.5) is 0 Å².